The Morgan fingerprint density at radius 3 is 2.60 bits per heavy atom. The normalized spacial score (nSPS) is 28.0. The molecular weight excluding hydrogens is 454 g/mol. The van der Waals surface area contributed by atoms with Crippen LogP contribution in [0.3, 0.4) is 0 Å². The lowest BCUT2D eigenvalue weighted by molar-refractivity contribution is -0.138. The molecule has 2 heterocycles. The van der Waals surface area contributed by atoms with Crippen LogP contribution in [0.5, 0.6) is 0 Å². The van der Waals surface area contributed by atoms with Crippen molar-refractivity contribution < 1.29 is 9.59 Å². The van der Waals surface area contributed by atoms with Crippen molar-refractivity contribution in [2.24, 2.45) is 5.92 Å². The Kier molecular flexibility index (Phi) is 6.92. The highest BCUT2D eigenvalue weighted by Crippen LogP contribution is 2.40. The molecule has 2 amide bonds. The number of aryl methyl sites for hydroxylation is 2. The van der Waals surface area contributed by atoms with E-state index in [0.29, 0.717) is 5.25 Å². The first-order valence-corrected chi connectivity index (χ1v) is 13.6. The Labute approximate surface area is 213 Å². The Bertz CT molecular complexity index is 1130. The Morgan fingerprint density at radius 2 is 1.86 bits per heavy atom. The van der Waals surface area contributed by atoms with Gasteiger partial charge in [-0.1, -0.05) is 42.0 Å². The van der Waals surface area contributed by atoms with Gasteiger partial charge in [0.2, 0.25) is 5.91 Å². The van der Waals surface area contributed by atoms with Crippen LogP contribution in [0.15, 0.2) is 53.4 Å². The van der Waals surface area contributed by atoms with E-state index in [1.54, 1.807) is 11.8 Å². The molecule has 2 aliphatic heterocycles. The predicted octanol–water partition coefficient (Wildman–Crippen LogP) is 4.78. The van der Waals surface area contributed by atoms with E-state index >= 15 is 0 Å². The van der Waals surface area contributed by atoms with Crippen molar-refractivity contribution in [1.82, 2.24) is 10.2 Å². The fraction of sp³-hybridized carbons (Fsp3) is 0.448. The van der Waals surface area contributed by atoms with Gasteiger partial charge in [-0.15, -0.1) is 11.8 Å². The van der Waals surface area contributed by atoms with Gasteiger partial charge in [-0.2, -0.15) is 0 Å². The summed E-state index contributed by atoms with van der Waals surface area (Å²) in [5, 5.41) is 3.56. The highest BCUT2D eigenvalue weighted by atomic mass is 32.2. The van der Waals surface area contributed by atoms with Gasteiger partial charge >= 0.3 is 0 Å². The molecule has 0 spiro atoms. The number of nitrogens with zero attached hydrogens (tertiary/aromatic N) is 2. The minimum Gasteiger partial charge on any atom is -0.365 e. The van der Waals surface area contributed by atoms with Crippen LogP contribution < -0.4 is 10.2 Å². The summed E-state index contributed by atoms with van der Waals surface area (Å²) in [6.07, 6.45) is 4.58. The number of anilines is 1. The molecule has 2 aromatic carbocycles. The van der Waals surface area contributed by atoms with E-state index < -0.39 is 0 Å². The molecule has 1 N–H and O–H groups in total. The molecule has 0 bridgehead atoms. The first kappa shape index (κ1) is 24.0. The second-order valence-electron chi connectivity index (χ2n) is 10.3. The number of fused-ring (bicyclic) bond motifs is 1. The minimum absolute atomic E-state index is 0.00232. The lowest BCUT2D eigenvalue weighted by atomic mass is 9.84. The van der Waals surface area contributed by atoms with Crippen LogP contribution in [0, 0.1) is 19.8 Å². The number of piperazine rings is 1. The molecule has 4 unspecified atom stereocenters. The van der Waals surface area contributed by atoms with E-state index in [1.165, 1.54) is 16.8 Å². The van der Waals surface area contributed by atoms with Crippen LogP contribution in [0.1, 0.15) is 42.9 Å². The third-order valence-electron chi connectivity index (χ3n) is 7.60. The highest BCUT2D eigenvalue weighted by Gasteiger charge is 2.41. The number of thioether (sulfide) groups is 1. The standard InChI is InChI=1S/C29H35N3O2S/c1-19-7-9-22(10-8-19)16-27-28(33)30-25-17-23(11-12-26(25)35-27)29(34)31-13-14-32(21(3)18-31)24-6-4-5-20(2)15-24/h4-10,15-16,21,23,25-26H,11-14,17-18H2,1-3H3,(H,30,33)/b27-16+. The van der Waals surface area contributed by atoms with Crippen molar-refractivity contribution in [2.75, 3.05) is 24.5 Å². The second kappa shape index (κ2) is 10.1. The van der Waals surface area contributed by atoms with E-state index in [1.807, 2.05) is 6.08 Å². The largest absolute Gasteiger partial charge is 0.365 e. The molecule has 3 aliphatic rings. The summed E-state index contributed by atoms with van der Waals surface area (Å²) >= 11 is 1.69. The lowest BCUT2D eigenvalue weighted by Crippen LogP contribution is -2.57. The van der Waals surface area contributed by atoms with Crippen molar-refractivity contribution in [3.05, 3.63) is 70.1 Å². The van der Waals surface area contributed by atoms with Gasteiger partial charge in [0, 0.05) is 48.6 Å². The van der Waals surface area contributed by atoms with Gasteiger partial charge in [0.15, 0.2) is 0 Å². The maximum Gasteiger partial charge on any atom is 0.257 e. The average molecular weight is 490 g/mol. The van der Waals surface area contributed by atoms with Crippen LogP contribution >= 0.6 is 11.8 Å². The third kappa shape index (κ3) is 5.27. The number of benzene rings is 2. The zero-order valence-electron chi connectivity index (χ0n) is 20.9. The number of carbonyl (C=O) groups excluding carboxylic acids is 2. The Balaban J connectivity index is 1.19. The number of hydrogen-bond donors (Lipinski definition) is 1. The van der Waals surface area contributed by atoms with E-state index in [4.69, 9.17) is 0 Å². The van der Waals surface area contributed by atoms with E-state index in [-0.39, 0.29) is 29.8 Å². The number of nitrogens with one attached hydrogen (secondary N) is 1. The highest BCUT2D eigenvalue weighted by molar-refractivity contribution is 8.04. The molecule has 35 heavy (non-hydrogen) atoms. The fourth-order valence-electron chi connectivity index (χ4n) is 5.64. The van der Waals surface area contributed by atoms with Crippen molar-refractivity contribution in [2.45, 2.75) is 57.4 Å². The van der Waals surface area contributed by atoms with Crippen LogP contribution in [0.4, 0.5) is 5.69 Å². The van der Waals surface area contributed by atoms with Crippen molar-refractivity contribution >= 4 is 35.3 Å². The summed E-state index contributed by atoms with van der Waals surface area (Å²) in [7, 11) is 0. The van der Waals surface area contributed by atoms with Crippen molar-refractivity contribution in [3.8, 4) is 0 Å². The first-order chi connectivity index (χ1) is 16.9. The Morgan fingerprint density at radius 1 is 1.06 bits per heavy atom. The smallest absolute Gasteiger partial charge is 0.257 e. The first-order valence-electron chi connectivity index (χ1n) is 12.8. The van der Waals surface area contributed by atoms with E-state index in [0.717, 1.165) is 49.4 Å². The van der Waals surface area contributed by atoms with E-state index in [2.05, 4.69) is 84.4 Å². The molecule has 0 radical (unpaired) electrons. The summed E-state index contributed by atoms with van der Waals surface area (Å²) < 4.78 is 0. The monoisotopic (exact) mass is 489 g/mol. The zero-order valence-corrected chi connectivity index (χ0v) is 21.7. The van der Waals surface area contributed by atoms with Crippen molar-refractivity contribution in [3.63, 3.8) is 0 Å². The molecule has 5 nitrogen and oxygen atoms in total. The third-order valence-corrected chi connectivity index (χ3v) is 9.03. The SMILES string of the molecule is Cc1ccc(/C=C2/SC3CCC(C(=O)N4CCN(c5cccc(C)c5)C(C)C4)CC3NC2=O)cc1. The number of amides is 2. The van der Waals surface area contributed by atoms with Gasteiger partial charge in [0.25, 0.3) is 5.91 Å². The summed E-state index contributed by atoms with van der Waals surface area (Å²) in [6, 6.07) is 17.2. The number of carbonyl (C=O) groups is 2. The maximum atomic E-state index is 13.5. The quantitative estimate of drug-likeness (QED) is 0.631. The minimum atomic E-state index is -0.00897. The fourth-order valence-corrected chi connectivity index (χ4v) is 6.93. The summed E-state index contributed by atoms with van der Waals surface area (Å²) in [6.45, 7) is 8.75. The molecule has 4 atom stereocenters. The molecule has 1 saturated carbocycles. The number of rotatable bonds is 3. The van der Waals surface area contributed by atoms with Crippen LogP contribution in [-0.4, -0.2) is 53.7 Å². The summed E-state index contributed by atoms with van der Waals surface area (Å²) in [4.78, 5) is 31.5. The lowest BCUT2D eigenvalue weighted by Gasteiger charge is -2.44. The summed E-state index contributed by atoms with van der Waals surface area (Å²) in [5.74, 6) is 0.252. The van der Waals surface area contributed by atoms with Gasteiger partial charge in [0.1, 0.15) is 0 Å². The van der Waals surface area contributed by atoms with Gasteiger partial charge in [0.05, 0.1) is 4.91 Å². The van der Waals surface area contributed by atoms with Gasteiger partial charge in [-0.05, 0) is 69.4 Å². The summed E-state index contributed by atoms with van der Waals surface area (Å²) in [5.41, 5.74) is 4.76. The number of hydrogen-bond acceptors (Lipinski definition) is 4. The molecule has 3 fully saturated rings. The topological polar surface area (TPSA) is 52.7 Å². The van der Waals surface area contributed by atoms with Gasteiger partial charge < -0.3 is 15.1 Å². The van der Waals surface area contributed by atoms with Gasteiger partial charge in [-0.3, -0.25) is 9.59 Å². The molecule has 2 aromatic rings. The molecule has 1 aliphatic carbocycles. The molecular formula is C29H35N3O2S. The van der Waals surface area contributed by atoms with Gasteiger partial charge in [-0.25, -0.2) is 0 Å². The van der Waals surface area contributed by atoms with Crippen LogP contribution in [0.25, 0.3) is 6.08 Å². The molecule has 2 saturated heterocycles. The molecule has 184 valence electrons. The molecule has 6 heteroatoms. The average Bonchev–Trinajstić information content (AvgIpc) is 2.85. The maximum absolute atomic E-state index is 13.5. The second-order valence-corrected chi connectivity index (χ2v) is 11.6. The molecule has 0 aromatic heterocycles. The van der Waals surface area contributed by atoms with Crippen molar-refractivity contribution in [1.29, 1.82) is 0 Å². The van der Waals surface area contributed by atoms with E-state index in [9.17, 15) is 9.59 Å². The Hall–Kier alpha value is -2.73. The molecule has 5 rings (SSSR count). The van der Waals surface area contributed by atoms with Crippen LogP contribution in [0.2, 0.25) is 0 Å². The predicted molar refractivity (Wildman–Crippen MR) is 144 cm³/mol. The zero-order chi connectivity index (χ0) is 24.5. The van der Waals surface area contributed by atoms with Crippen LogP contribution in [-0.2, 0) is 9.59 Å².